The van der Waals surface area contributed by atoms with Crippen LogP contribution in [0.1, 0.15) is 47.5 Å². The number of likely N-dealkylation sites (tertiary alicyclic amines) is 1. The third-order valence-corrected chi connectivity index (χ3v) is 10.1. The lowest BCUT2D eigenvalue weighted by atomic mass is 9.80. The number of nitrogens with two attached hydrogens (primary N) is 1. The first-order chi connectivity index (χ1) is 20.4. The minimum atomic E-state index is -1.42. The molecular weight excluding hydrogens is 561 g/mol. The van der Waals surface area contributed by atoms with Gasteiger partial charge in [-0.25, -0.2) is 9.37 Å². The van der Waals surface area contributed by atoms with Crippen LogP contribution < -0.4 is 10.6 Å². The van der Waals surface area contributed by atoms with E-state index in [1.54, 1.807) is 24.5 Å². The fourth-order valence-electron chi connectivity index (χ4n) is 7.01. The van der Waals surface area contributed by atoms with Crippen molar-refractivity contribution in [2.24, 2.45) is 11.7 Å². The number of fused-ring (bicyclic) bond motifs is 1. The van der Waals surface area contributed by atoms with Crippen LogP contribution in [-0.4, -0.2) is 110 Å². The van der Waals surface area contributed by atoms with Gasteiger partial charge >= 0.3 is 0 Å². The van der Waals surface area contributed by atoms with Gasteiger partial charge in [-0.1, -0.05) is 18.9 Å². The van der Waals surface area contributed by atoms with Gasteiger partial charge in [-0.3, -0.25) is 19.3 Å². The van der Waals surface area contributed by atoms with Crippen LogP contribution in [0.25, 0.3) is 11.3 Å². The summed E-state index contributed by atoms with van der Waals surface area (Å²) in [4.78, 5) is 50.5. The number of methoxy groups -OCH3 is 1. The molecule has 2 amide bonds. The Bertz CT molecular complexity index is 1320. The molecule has 1 aliphatic carbocycles. The zero-order chi connectivity index (χ0) is 29.4. The predicted molar refractivity (Wildman–Crippen MR) is 156 cm³/mol. The number of ketones is 1. The smallest absolute Gasteiger partial charge is 0.249 e. The van der Waals surface area contributed by atoms with Crippen LogP contribution in [0.15, 0.2) is 23.6 Å². The first kappa shape index (κ1) is 29.2. The zero-order valence-electron chi connectivity index (χ0n) is 23.9. The number of anilines is 1. The first-order valence-electron chi connectivity index (χ1n) is 14.8. The highest BCUT2D eigenvalue weighted by Gasteiger charge is 2.54. The maximum absolute atomic E-state index is 14.9. The molecule has 0 unspecified atom stereocenters. The van der Waals surface area contributed by atoms with Gasteiger partial charge < -0.3 is 25.0 Å². The molecule has 3 aliphatic heterocycles. The lowest BCUT2D eigenvalue weighted by molar-refractivity contribution is -0.138. The quantitative estimate of drug-likeness (QED) is 0.467. The molecule has 2 N–H and O–H groups in total. The average molecular weight is 600 g/mol. The van der Waals surface area contributed by atoms with Gasteiger partial charge in [0, 0.05) is 56.3 Å². The molecule has 1 aromatic carbocycles. The lowest BCUT2D eigenvalue weighted by Gasteiger charge is -2.34. The monoisotopic (exact) mass is 599 g/mol. The van der Waals surface area contributed by atoms with Crippen molar-refractivity contribution in [2.75, 3.05) is 64.5 Å². The van der Waals surface area contributed by atoms with E-state index >= 15 is 0 Å². The number of hydrogen-bond donors (Lipinski definition) is 1. The van der Waals surface area contributed by atoms with Gasteiger partial charge in [0.2, 0.25) is 11.8 Å². The van der Waals surface area contributed by atoms with Crippen LogP contribution in [0, 0.1) is 5.92 Å². The predicted octanol–water partition coefficient (Wildman–Crippen LogP) is 2.47. The Morgan fingerprint density at radius 3 is 2.69 bits per heavy atom. The molecule has 10 nitrogen and oxygen atoms in total. The number of amides is 2. The number of ether oxygens (including phenoxy) is 2. The minimum Gasteiger partial charge on any atom is -0.383 e. The van der Waals surface area contributed by atoms with Gasteiger partial charge in [0.05, 0.1) is 24.8 Å². The highest BCUT2D eigenvalue weighted by Crippen LogP contribution is 2.43. The summed E-state index contributed by atoms with van der Waals surface area (Å²) in [6, 6.07) is 4.42. The number of benzene rings is 1. The number of carbonyl (C=O) groups is 3. The number of Topliss-reactive ketones (excluding diaryl/α,β-unsaturated/α-hetero) is 1. The van der Waals surface area contributed by atoms with E-state index in [2.05, 4.69) is 9.80 Å². The van der Waals surface area contributed by atoms with Gasteiger partial charge in [0.25, 0.3) is 0 Å². The van der Waals surface area contributed by atoms with Crippen molar-refractivity contribution in [3.8, 4) is 11.3 Å². The molecule has 4 heterocycles. The van der Waals surface area contributed by atoms with E-state index in [1.165, 1.54) is 4.90 Å². The number of carbonyl (C=O) groups excluding carboxylic acids is 3. The summed E-state index contributed by atoms with van der Waals surface area (Å²) < 4.78 is 25.5. The molecule has 1 aromatic heterocycles. The molecule has 2 aromatic rings. The van der Waals surface area contributed by atoms with Crippen LogP contribution in [0.5, 0.6) is 0 Å². The molecule has 4 atom stereocenters. The molecule has 0 radical (unpaired) electrons. The summed E-state index contributed by atoms with van der Waals surface area (Å²) in [7, 11) is 1.72. The third kappa shape index (κ3) is 5.57. The van der Waals surface area contributed by atoms with E-state index < -0.39 is 30.1 Å². The number of rotatable bonds is 9. The van der Waals surface area contributed by atoms with E-state index in [4.69, 9.17) is 20.2 Å². The van der Waals surface area contributed by atoms with E-state index in [9.17, 15) is 18.8 Å². The second-order valence-corrected chi connectivity index (χ2v) is 12.6. The molecule has 3 saturated heterocycles. The number of primary amides is 1. The highest BCUT2D eigenvalue weighted by molar-refractivity contribution is 7.14. The molecule has 1 saturated carbocycles. The molecule has 226 valence electrons. The van der Waals surface area contributed by atoms with Gasteiger partial charge in [0.15, 0.2) is 10.9 Å². The summed E-state index contributed by atoms with van der Waals surface area (Å²) in [6.07, 6.45) is 1.19. The van der Waals surface area contributed by atoms with Crippen LogP contribution in [-0.2, 0) is 19.1 Å². The molecule has 4 aliphatic rings. The number of hydrogen-bond acceptors (Lipinski definition) is 9. The SMILES string of the molecule is COCCN1CCN(c2nc(-c3ccc(C(N)=O)c([C@@H](C(=O)N4C[C@H](F)[C@H]5OCC(=O)[C@H]54)C4CCCC4)c3)cs2)CC1. The van der Waals surface area contributed by atoms with Crippen molar-refractivity contribution in [2.45, 2.75) is 49.9 Å². The van der Waals surface area contributed by atoms with Crippen molar-refractivity contribution in [1.82, 2.24) is 14.8 Å². The van der Waals surface area contributed by atoms with E-state index in [1.807, 2.05) is 17.5 Å². The van der Waals surface area contributed by atoms with Crippen LogP contribution in [0.4, 0.5) is 9.52 Å². The Labute approximate surface area is 248 Å². The van der Waals surface area contributed by atoms with E-state index in [0.29, 0.717) is 12.2 Å². The number of thiazole rings is 1. The number of nitrogens with zero attached hydrogens (tertiary/aromatic N) is 4. The number of alkyl halides is 1. The number of piperazine rings is 1. The molecule has 42 heavy (non-hydrogen) atoms. The van der Waals surface area contributed by atoms with Gasteiger partial charge in [-0.15, -0.1) is 11.3 Å². The largest absolute Gasteiger partial charge is 0.383 e. The van der Waals surface area contributed by atoms with Crippen LogP contribution >= 0.6 is 11.3 Å². The lowest BCUT2D eigenvalue weighted by Crippen LogP contribution is -2.47. The Hall–Kier alpha value is -2.93. The summed E-state index contributed by atoms with van der Waals surface area (Å²) in [6.45, 7) is 4.86. The van der Waals surface area contributed by atoms with E-state index in [-0.39, 0.29) is 36.3 Å². The standard InChI is InChI=1S/C30H38FN5O5S/c1-40-13-12-34-8-10-35(11-9-34)30-33-23(17-42-30)19-6-7-20(28(32)38)21(14-19)25(18-4-2-3-5-18)29(39)36-15-22(31)27-26(36)24(37)16-41-27/h6-7,14,17-18,22,25-27H,2-5,8-13,15-16H2,1H3,(H2,32,38)/t22-,25-,26+,27+/m0/s1. The van der Waals surface area contributed by atoms with Crippen LogP contribution in [0.2, 0.25) is 0 Å². The van der Waals surface area contributed by atoms with Gasteiger partial charge in [-0.05, 0) is 36.5 Å². The van der Waals surface area contributed by atoms with Crippen molar-refractivity contribution in [1.29, 1.82) is 0 Å². The van der Waals surface area contributed by atoms with E-state index in [0.717, 1.165) is 74.8 Å². The summed E-state index contributed by atoms with van der Waals surface area (Å²) in [5.74, 6) is -1.99. The molecule has 0 bridgehead atoms. The summed E-state index contributed by atoms with van der Waals surface area (Å²) in [5.41, 5.74) is 8.19. The maximum atomic E-state index is 14.9. The normalized spacial score (nSPS) is 25.8. The fourth-order valence-corrected chi connectivity index (χ4v) is 7.90. The van der Waals surface area contributed by atoms with Crippen molar-refractivity contribution in [3.63, 3.8) is 0 Å². The van der Waals surface area contributed by atoms with Crippen molar-refractivity contribution >= 4 is 34.1 Å². The Kier molecular flexibility index (Phi) is 8.58. The highest BCUT2D eigenvalue weighted by atomic mass is 32.1. The maximum Gasteiger partial charge on any atom is 0.249 e. The number of aromatic nitrogens is 1. The van der Waals surface area contributed by atoms with Gasteiger partial charge in [0.1, 0.15) is 24.9 Å². The number of halogens is 1. The van der Waals surface area contributed by atoms with Crippen molar-refractivity contribution in [3.05, 3.63) is 34.7 Å². The summed E-state index contributed by atoms with van der Waals surface area (Å²) >= 11 is 1.57. The molecule has 6 rings (SSSR count). The van der Waals surface area contributed by atoms with Crippen molar-refractivity contribution < 1.29 is 28.2 Å². The zero-order valence-corrected chi connectivity index (χ0v) is 24.7. The molecular formula is C30H38FN5O5S. The minimum absolute atomic E-state index is 0.0409. The third-order valence-electron chi connectivity index (χ3n) is 9.24. The Balaban J connectivity index is 1.30. The van der Waals surface area contributed by atoms with Crippen LogP contribution in [0.3, 0.4) is 0 Å². The van der Waals surface area contributed by atoms with Gasteiger partial charge in [-0.2, -0.15) is 0 Å². The molecule has 12 heteroatoms. The second-order valence-electron chi connectivity index (χ2n) is 11.7. The Morgan fingerprint density at radius 2 is 1.98 bits per heavy atom. The summed E-state index contributed by atoms with van der Waals surface area (Å²) in [5, 5.41) is 2.92. The fraction of sp³-hybridized carbons (Fsp3) is 0.600. The molecule has 4 fully saturated rings. The molecule has 0 spiro atoms. The topological polar surface area (TPSA) is 118 Å². The Morgan fingerprint density at radius 1 is 1.21 bits per heavy atom. The second kappa shape index (κ2) is 12.4. The average Bonchev–Trinajstić information content (AvgIpc) is 3.80. The first-order valence-corrected chi connectivity index (χ1v) is 15.7.